The number of halogens is 1. The molecule has 0 aliphatic heterocycles. The van der Waals surface area contributed by atoms with E-state index in [0.29, 0.717) is 34.4 Å². The molecule has 12 heteroatoms. The highest BCUT2D eigenvalue weighted by Gasteiger charge is 2.19. The number of methoxy groups -OCH3 is 1. The third-order valence-corrected chi connectivity index (χ3v) is 6.68. The number of carbonyl (C=O) groups is 1. The van der Waals surface area contributed by atoms with E-state index in [-0.39, 0.29) is 30.4 Å². The number of ketones is 1. The fourth-order valence-electron chi connectivity index (χ4n) is 4.49. The molecule has 3 aromatic carbocycles. The van der Waals surface area contributed by atoms with Crippen molar-refractivity contribution in [3.63, 3.8) is 0 Å². The Morgan fingerprint density at radius 1 is 1.00 bits per heavy atom. The summed E-state index contributed by atoms with van der Waals surface area (Å²) >= 11 is 0. The van der Waals surface area contributed by atoms with Crippen LogP contribution in [0.4, 0.5) is 4.39 Å². The first-order valence-electron chi connectivity index (χ1n) is 13.3. The lowest BCUT2D eigenvalue weighted by Gasteiger charge is -2.16. The molecule has 1 N–H and O–H groups in total. The van der Waals surface area contributed by atoms with Crippen LogP contribution in [0.25, 0.3) is 22.5 Å². The minimum atomic E-state index is -0.814. The number of hydrogen-bond acceptors (Lipinski definition) is 9. The second-order valence-corrected chi connectivity index (χ2v) is 9.53. The Labute approximate surface area is 244 Å². The van der Waals surface area contributed by atoms with Crippen molar-refractivity contribution in [3.05, 3.63) is 111 Å². The summed E-state index contributed by atoms with van der Waals surface area (Å²) in [4.78, 5) is 43.2. The van der Waals surface area contributed by atoms with E-state index >= 15 is 4.39 Å². The highest BCUT2D eigenvalue weighted by molar-refractivity contribution is 5.96. The molecule has 0 saturated carbocycles. The number of ether oxygens (including phenoxy) is 2. The molecule has 0 unspecified atom stereocenters. The summed E-state index contributed by atoms with van der Waals surface area (Å²) in [5.41, 5.74) is 0.505. The van der Waals surface area contributed by atoms with Gasteiger partial charge in [0.2, 0.25) is 11.7 Å². The Kier molecular flexibility index (Phi) is 8.46. The summed E-state index contributed by atoms with van der Waals surface area (Å²) in [7, 11) is 1.50. The van der Waals surface area contributed by atoms with E-state index in [0.717, 1.165) is 15.2 Å². The van der Waals surface area contributed by atoms with E-state index in [1.807, 2.05) is 6.92 Å². The van der Waals surface area contributed by atoms with E-state index in [1.165, 1.54) is 19.2 Å². The quantitative estimate of drug-likeness (QED) is 0.225. The minimum Gasteiger partial charge on any atom is -0.497 e. The first-order chi connectivity index (χ1) is 20.8. The van der Waals surface area contributed by atoms with Crippen molar-refractivity contribution < 1.29 is 28.3 Å². The van der Waals surface area contributed by atoms with Crippen LogP contribution in [0.15, 0.2) is 86.9 Å². The van der Waals surface area contributed by atoms with Gasteiger partial charge in [0.15, 0.2) is 5.78 Å². The van der Waals surface area contributed by atoms with Gasteiger partial charge in [-0.05, 0) is 47.9 Å². The number of aromatic hydroxyl groups is 1. The minimum absolute atomic E-state index is 0.0317. The molecule has 11 nitrogen and oxygen atoms in total. The Balaban J connectivity index is 1.49. The molecule has 0 aliphatic rings. The normalized spacial score (nSPS) is 11.0. The van der Waals surface area contributed by atoms with Crippen LogP contribution >= 0.6 is 0 Å². The lowest BCUT2D eigenvalue weighted by molar-refractivity contribution is 0.0968. The molecule has 0 fully saturated rings. The van der Waals surface area contributed by atoms with Crippen LogP contribution in [0, 0.1) is 5.82 Å². The maximum absolute atomic E-state index is 15.6. The highest BCUT2D eigenvalue weighted by atomic mass is 19.1. The van der Waals surface area contributed by atoms with Crippen molar-refractivity contribution in [3.8, 4) is 40.2 Å². The van der Waals surface area contributed by atoms with E-state index in [4.69, 9.17) is 9.47 Å². The molecule has 0 aliphatic carbocycles. The molecule has 0 saturated heterocycles. The van der Waals surface area contributed by atoms with Gasteiger partial charge in [0, 0.05) is 16.7 Å². The van der Waals surface area contributed by atoms with Gasteiger partial charge in [-0.1, -0.05) is 48.5 Å². The Morgan fingerprint density at radius 2 is 1.74 bits per heavy atom. The lowest BCUT2D eigenvalue weighted by Crippen LogP contribution is -2.42. The standard InChI is InChI=1S/C31H27FN4O7/c1-3-14-42-28-16-27(38)35(18-26(37)19-10-12-22(41-2)13-11-19)31(40)36(28)17-21-9-8-20(15-25(21)32)23-6-4-5-7-24(23)29-33-30(39)43-34-29/h4-13,15-16H,3,14,17-18H2,1-2H3,(H,33,34,39). The molecule has 0 spiro atoms. The summed E-state index contributed by atoms with van der Waals surface area (Å²) in [5.74, 6) is -0.424. The average molecular weight is 587 g/mol. The van der Waals surface area contributed by atoms with Gasteiger partial charge in [-0.25, -0.2) is 9.18 Å². The van der Waals surface area contributed by atoms with Crippen LogP contribution in [-0.4, -0.2) is 43.9 Å². The molecule has 5 aromatic rings. The smallest absolute Gasteiger partial charge is 0.415 e. The van der Waals surface area contributed by atoms with Crippen molar-refractivity contribution in [1.82, 2.24) is 19.3 Å². The Morgan fingerprint density at radius 3 is 2.40 bits per heavy atom. The average Bonchev–Trinajstić information content (AvgIpc) is 3.46. The SMILES string of the molecule is CCCOc1cc(=O)n(CC(=O)c2ccc(OC)cc2)c(=O)n1Cc1ccc(-c2ccccc2-c2noc(O)n2)cc1F. The summed E-state index contributed by atoms with van der Waals surface area (Å²) in [6.45, 7) is 1.31. The van der Waals surface area contributed by atoms with E-state index in [1.54, 1.807) is 54.6 Å². The molecule has 2 heterocycles. The molecular weight excluding hydrogens is 559 g/mol. The predicted molar refractivity (Wildman–Crippen MR) is 154 cm³/mol. The third-order valence-electron chi connectivity index (χ3n) is 6.68. The van der Waals surface area contributed by atoms with Gasteiger partial charge in [0.1, 0.15) is 11.6 Å². The summed E-state index contributed by atoms with van der Waals surface area (Å²) in [5, 5.41) is 13.2. The highest BCUT2D eigenvalue weighted by Crippen LogP contribution is 2.32. The number of benzene rings is 3. The van der Waals surface area contributed by atoms with Gasteiger partial charge in [-0.15, -0.1) is 0 Å². The molecule has 220 valence electrons. The van der Waals surface area contributed by atoms with Crippen molar-refractivity contribution in [2.75, 3.05) is 13.7 Å². The van der Waals surface area contributed by atoms with Crippen molar-refractivity contribution >= 4 is 5.78 Å². The summed E-state index contributed by atoms with van der Waals surface area (Å²) in [6.07, 6.45) is 0.0123. The molecule has 2 aromatic heterocycles. The fourth-order valence-corrected chi connectivity index (χ4v) is 4.49. The number of Topliss-reactive ketones (excluding diaryl/α,β-unsaturated/α-hetero) is 1. The van der Waals surface area contributed by atoms with Gasteiger partial charge >= 0.3 is 11.8 Å². The second-order valence-electron chi connectivity index (χ2n) is 9.53. The van der Waals surface area contributed by atoms with Crippen LogP contribution in [0.3, 0.4) is 0 Å². The van der Waals surface area contributed by atoms with E-state index in [9.17, 15) is 19.5 Å². The zero-order chi connectivity index (χ0) is 30.5. The lowest BCUT2D eigenvalue weighted by atomic mass is 9.98. The van der Waals surface area contributed by atoms with Crippen molar-refractivity contribution in [2.24, 2.45) is 0 Å². The molecule has 43 heavy (non-hydrogen) atoms. The first kappa shape index (κ1) is 29.0. The first-order valence-corrected chi connectivity index (χ1v) is 13.3. The number of carbonyl (C=O) groups excluding carboxylic acids is 1. The maximum atomic E-state index is 15.6. The molecule has 5 rings (SSSR count). The summed E-state index contributed by atoms with van der Waals surface area (Å²) < 4.78 is 33.0. The van der Waals surface area contributed by atoms with E-state index in [2.05, 4.69) is 14.7 Å². The Bertz CT molecular complexity index is 1890. The van der Waals surface area contributed by atoms with Gasteiger partial charge in [0.05, 0.1) is 32.9 Å². The number of rotatable bonds is 11. The Hall–Kier alpha value is -5.52. The third kappa shape index (κ3) is 6.22. The van der Waals surface area contributed by atoms with Crippen LogP contribution in [0.2, 0.25) is 0 Å². The largest absolute Gasteiger partial charge is 0.497 e. The predicted octanol–water partition coefficient (Wildman–Crippen LogP) is 4.30. The molecular formula is C31H27FN4O7. The molecule has 0 bridgehead atoms. The van der Waals surface area contributed by atoms with Gasteiger partial charge < -0.3 is 14.6 Å². The van der Waals surface area contributed by atoms with Gasteiger partial charge in [-0.3, -0.25) is 23.2 Å². The zero-order valence-electron chi connectivity index (χ0n) is 23.3. The van der Waals surface area contributed by atoms with Gasteiger partial charge in [0.25, 0.3) is 5.56 Å². The van der Waals surface area contributed by atoms with Crippen molar-refractivity contribution in [1.29, 1.82) is 0 Å². The number of hydrogen-bond donors (Lipinski definition) is 1. The van der Waals surface area contributed by atoms with Crippen LogP contribution in [0.1, 0.15) is 29.3 Å². The van der Waals surface area contributed by atoms with Crippen molar-refractivity contribution in [2.45, 2.75) is 26.4 Å². The topological polar surface area (TPSA) is 139 Å². The number of nitrogens with zero attached hydrogens (tertiary/aromatic N) is 4. The van der Waals surface area contributed by atoms with E-state index < -0.39 is 35.5 Å². The zero-order valence-corrected chi connectivity index (χ0v) is 23.3. The molecule has 0 atom stereocenters. The fraction of sp³-hybridized carbons (Fsp3) is 0.194. The monoisotopic (exact) mass is 586 g/mol. The van der Waals surface area contributed by atoms with Crippen LogP contribution in [0.5, 0.6) is 17.7 Å². The maximum Gasteiger partial charge on any atom is 0.415 e. The van der Waals surface area contributed by atoms with Crippen LogP contribution < -0.4 is 20.7 Å². The van der Waals surface area contributed by atoms with Crippen LogP contribution in [-0.2, 0) is 13.1 Å². The molecule has 0 radical (unpaired) electrons. The summed E-state index contributed by atoms with van der Waals surface area (Å²) in [6, 6.07) is 18.9. The molecule has 0 amide bonds. The van der Waals surface area contributed by atoms with Gasteiger partial charge in [-0.2, -0.15) is 4.98 Å². The second kappa shape index (κ2) is 12.6. The number of aromatic nitrogens is 4.